The van der Waals surface area contributed by atoms with Gasteiger partial charge in [-0.05, 0) is 19.3 Å². The molecular weight excluding hydrogens is 376 g/mol. The maximum absolute atomic E-state index is 10.1. The lowest BCUT2D eigenvalue weighted by atomic mass is 10.0. The van der Waals surface area contributed by atoms with Crippen molar-refractivity contribution >= 4 is 0 Å². The van der Waals surface area contributed by atoms with Crippen molar-refractivity contribution < 1.29 is 5.11 Å². The Morgan fingerprint density at radius 2 is 0.774 bits per heavy atom. The predicted molar refractivity (Wildman–Crippen MR) is 141 cm³/mol. The van der Waals surface area contributed by atoms with Crippen molar-refractivity contribution in [1.29, 1.82) is 0 Å². The number of hydrogen-bond acceptors (Lipinski definition) is 1. The average Bonchev–Trinajstić information content (AvgIpc) is 2.77. The van der Waals surface area contributed by atoms with Crippen LogP contribution in [0.15, 0.2) is 0 Å². The SMILES string of the molecule is CCCCCCC#CCC[C@@H](O)CCCCCCCCCCCCCCCCCCC. The van der Waals surface area contributed by atoms with Gasteiger partial charge in [0, 0.05) is 12.8 Å². The van der Waals surface area contributed by atoms with Gasteiger partial charge in [-0.15, -0.1) is 11.8 Å². The van der Waals surface area contributed by atoms with E-state index >= 15 is 0 Å². The normalized spacial score (nSPS) is 12.0. The maximum atomic E-state index is 10.1. The Morgan fingerprint density at radius 3 is 1.23 bits per heavy atom. The van der Waals surface area contributed by atoms with E-state index in [9.17, 15) is 5.11 Å². The first-order valence-corrected chi connectivity index (χ1v) is 14.4. The summed E-state index contributed by atoms with van der Waals surface area (Å²) in [6, 6.07) is 0. The summed E-state index contributed by atoms with van der Waals surface area (Å²) in [5.74, 6) is 6.51. The van der Waals surface area contributed by atoms with Gasteiger partial charge in [-0.3, -0.25) is 0 Å². The number of rotatable bonds is 24. The Kier molecular flexibility index (Phi) is 27.1. The Hall–Kier alpha value is -0.480. The third kappa shape index (κ3) is 27.5. The van der Waals surface area contributed by atoms with Gasteiger partial charge in [0.05, 0.1) is 6.10 Å². The largest absolute Gasteiger partial charge is 0.393 e. The number of aliphatic hydroxyl groups excluding tert-OH is 1. The molecule has 0 aliphatic rings. The van der Waals surface area contributed by atoms with Crippen molar-refractivity contribution in [2.45, 2.75) is 180 Å². The minimum Gasteiger partial charge on any atom is -0.393 e. The summed E-state index contributed by atoms with van der Waals surface area (Å²) in [5, 5.41) is 10.1. The van der Waals surface area contributed by atoms with Crippen LogP contribution in [0, 0.1) is 11.8 Å². The molecule has 0 bridgehead atoms. The zero-order valence-corrected chi connectivity index (χ0v) is 21.7. The first-order valence-electron chi connectivity index (χ1n) is 14.4. The van der Waals surface area contributed by atoms with E-state index in [2.05, 4.69) is 25.7 Å². The van der Waals surface area contributed by atoms with E-state index in [4.69, 9.17) is 0 Å². The molecule has 1 nitrogen and oxygen atoms in total. The second-order valence-corrected chi connectivity index (χ2v) is 9.80. The Morgan fingerprint density at radius 1 is 0.419 bits per heavy atom. The highest BCUT2D eigenvalue weighted by atomic mass is 16.3. The van der Waals surface area contributed by atoms with Crippen molar-refractivity contribution in [1.82, 2.24) is 0 Å². The zero-order valence-electron chi connectivity index (χ0n) is 21.7. The molecule has 0 aliphatic carbocycles. The molecule has 0 heterocycles. The van der Waals surface area contributed by atoms with Gasteiger partial charge in [0.25, 0.3) is 0 Å². The highest BCUT2D eigenvalue weighted by Crippen LogP contribution is 2.15. The van der Waals surface area contributed by atoms with E-state index in [-0.39, 0.29) is 6.10 Å². The molecule has 0 radical (unpaired) electrons. The summed E-state index contributed by atoms with van der Waals surface area (Å²) in [5.41, 5.74) is 0. The van der Waals surface area contributed by atoms with E-state index in [1.54, 1.807) is 0 Å². The monoisotopic (exact) mass is 434 g/mol. The summed E-state index contributed by atoms with van der Waals surface area (Å²) in [7, 11) is 0. The number of aliphatic hydroxyl groups is 1. The summed E-state index contributed by atoms with van der Waals surface area (Å²) in [6.45, 7) is 4.54. The van der Waals surface area contributed by atoms with Gasteiger partial charge in [0.2, 0.25) is 0 Å². The van der Waals surface area contributed by atoms with Crippen LogP contribution in [0.4, 0.5) is 0 Å². The van der Waals surface area contributed by atoms with Crippen LogP contribution in [0.5, 0.6) is 0 Å². The fourth-order valence-electron chi connectivity index (χ4n) is 4.30. The third-order valence-corrected chi connectivity index (χ3v) is 6.52. The van der Waals surface area contributed by atoms with Crippen LogP contribution in [0.3, 0.4) is 0 Å². The molecule has 31 heavy (non-hydrogen) atoms. The molecule has 0 spiro atoms. The Bertz CT molecular complexity index is 378. The average molecular weight is 435 g/mol. The zero-order chi connectivity index (χ0) is 22.7. The fraction of sp³-hybridized carbons (Fsp3) is 0.933. The van der Waals surface area contributed by atoms with E-state index in [1.165, 1.54) is 135 Å². The molecule has 0 unspecified atom stereocenters. The molecule has 184 valence electrons. The van der Waals surface area contributed by atoms with Gasteiger partial charge in [0.1, 0.15) is 0 Å². The summed E-state index contributed by atoms with van der Waals surface area (Å²) in [6.07, 6.45) is 32.7. The molecule has 0 aromatic carbocycles. The summed E-state index contributed by atoms with van der Waals surface area (Å²) < 4.78 is 0. The highest BCUT2D eigenvalue weighted by Gasteiger charge is 2.02. The Labute approximate surface area is 197 Å². The topological polar surface area (TPSA) is 20.2 Å². The molecule has 0 aromatic heterocycles. The number of unbranched alkanes of at least 4 members (excludes halogenated alkanes) is 20. The molecule has 0 aliphatic heterocycles. The van der Waals surface area contributed by atoms with Crippen molar-refractivity contribution in [3.8, 4) is 11.8 Å². The quantitative estimate of drug-likeness (QED) is 0.118. The summed E-state index contributed by atoms with van der Waals surface area (Å²) >= 11 is 0. The first-order chi connectivity index (χ1) is 15.3. The van der Waals surface area contributed by atoms with Crippen molar-refractivity contribution in [2.24, 2.45) is 0 Å². The van der Waals surface area contributed by atoms with Gasteiger partial charge in [-0.1, -0.05) is 142 Å². The van der Waals surface area contributed by atoms with Gasteiger partial charge in [-0.2, -0.15) is 0 Å². The van der Waals surface area contributed by atoms with E-state index in [0.717, 1.165) is 25.7 Å². The molecule has 0 amide bonds. The standard InChI is InChI=1S/C30H58O/c1-3-5-7-9-11-13-14-15-16-17-18-19-20-21-23-25-27-29-30(31)28-26-24-22-12-10-8-6-4-2/h30-31H,3-21,23,25-29H2,1-2H3/t30-/m1/s1. The molecular formula is C30H58O. The second-order valence-electron chi connectivity index (χ2n) is 9.80. The minimum atomic E-state index is -0.134. The maximum Gasteiger partial charge on any atom is 0.0549 e. The van der Waals surface area contributed by atoms with E-state index < -0.39 is 0 Å². The molecule has 1 heteroatoms. The fourth-order valence-corrected chi connectivity index (χ4v) is 4.30. The van der Waals surface area contributed by atoms with Gasteiger partial charge in [0.15, 0.2) is 0 Å². The van der Waals surface area contributed by atoms with Crippen LogP contribution in [0.1, 0.15) is 174 Å². The van der Waals surface area contributed by atoms with Crippen LogP contribution in [0.25, 0.3) is 0 Å². The van der Waals surface area contributed by atoms with Crippen LogP contribution < -0.4 is 0 Å². The molecule has 0 fully saturated rings. The lowest BCUT2D eigenvalue weighted by Gasteiger charge is -2.08. The van der Waals surface area contributed by atoms with E-state index in [1.807, 2.05) is 0 Å². The number of hydrogen-bond donors (Lipinski definition) is 1. The van der Waals surface area contributed by atoms with Crippen molar-refractivity contribution in [3.63, 3.8) is 0 Å². The van der Waals surface area contributed by atoms with Gasteiger partial charge >= 0.3 is 0 Å². The molecule has 1 N–H and O–H groups in total. The second kappa shape index (κ2) is 27.6. The van der Waals surface area contributed by atoms with Crippen LogP contribution in [-0.2, 0) is 0 Å². The Balaban J connectivity index is 3.18. The predicted octanol–water partition coefficient (Wildman–Crippen LogP) is 10.1. The van der Waals surface area contributed by atoms with Gasteiger partial charge in [-0.25, -0.2) is 0 Å². The van der Waals surface area contributed by atoms with Crippen molar-refractivity contribution in [3.05, 3.63) is 0 Å². The smallest absolute Gasteiger partial charge is 0.0549 e. The lowest BCUT2D eigenvalue weighted by Crippen LogP contribution is -2.05. The minimum absolute atomic E-state index is 0.134. The molecule has 0 rings (SSSR count). The summed E-state index contributed by atoms with van der Waals surface area (Å²) in [4.78, 5) is 0. The molecule has 0 saturated heterocycles. The van der Waals surface area contributed by atoms with Crippen LogP contribution in [-0.4, -0.2) is 11.2 Å². The molecule has 1 atom stereocenters. The molecule has 0 saturated carbocycles. The van der Waals surface area contributed by atoms with Crippen LogP contribution in [0.2, 0.25) is 0 Å². The first kappa shape index (κ1) is 30.5. The van der Waals surface area contributed by atoms with E-state index in [0.29, 0.717) is 0 Å². The molecule has 0 aromatic rings. The van der Waals surface area contributed by atoms with Gasteiger partial charge < -0.3 is 5.11 Å². The third-order valence-electron chi connectivity index (χ3n) is 6.52. The highest BCUT2D eigenvalue weighted by molar-refractivity contribution is 4.98. The van der Waals surface area contributed by atoms with Crippen LogP contribution >= 0.6 is 0 Å². The van der Waals surface area contributed by atoms with Crippen molar-refractivity contribution in [2.75, 3.05) is 0 Å². The lowest BCUT2D eigenvalue weighted by molar-refractivity contribution is 0.152.